The number of rotatable bonds is 3. The maximum absolute atomic E-state index is 14.2. The van der Waals surface area contributed by atoms with Gasteiger partial charge < -0.3 is 10.0 Å². The molecule has 114 valence electrons. The number of carbonyl (C=O) groups excluding carboxylic acids is 1. The van der Waals surface area contributed by atoms with Gasteiger partial charge in [-0.1, -0.05) is 0 Å². The highest BCUT2D eigenvalue weighted by molar-refractivity contribution is 9.10. The van der Waals surface area contributed by atoms with Crippen molar-refractivity contribution in [1.82, 2.24) is 0 Å². The van der Waals surface area contributed by atoms with Crippen LogP contribution in [0.15, 0.2) is 16.6 Å². The van der Waals surface area contributed by atoms with E-state index in [0.717, 1.165) is 11.0 Å². The first-order chi connectivity index (χ1) is 9.62. The molecule has 2 rings (SSSR count). The van der Waals surface area contributed by atoms with E-state index in [1.165, 1.54) is 6.07 Å². The first kappa shape index (κ1) is 15.9. The molecule has 1 fully saturated rings. The topological polar surface area (TPSA) is 118 Å². The smallest absolute Gasteiger partial charge is 0.337 e. The molecule has 1 heterocycles. The van der Waals surface area contributed by atoms with E-state index in [2.05, 4.69) is 15.9 Å². The predicted octanol–water partition coefficient (Wildman–Crippen LogP) is 0.680. The lowest BCUT2D eigenvalue weighted by atomic mass is 10.1. The van der Waals surface area contributed by atoms with Crippen LogP contribution in [0.1, 0.15) is 16.8 Å². The Morgan fingerprint density at radius 2 is 2.10 bits per heavy atom. The van der Waals surface area contributed by atoms with Crippen molar-refractivity contribution in [3.8, 4) is 0 Å². The lowest BCUT2D eigenvalue weighted by Gasteiger charge is -2.20. The lowest BCUT2D eigenvalue weighted by molar-refractivity contribution is -0.117. The molecule has 0 aromatic heterocycles. The van der Waals surface area contributed by atoms with Crippen LogP contribution in [0.25, 0.3) is 0 Å². The number of hydrogen-bond donors (Lipinski definition) is 2. The molecule has 10 heteroatoms. The van der Waals surface area contributed by atoms with Crippen LogP contribution in [0, 0.1) is 5.82 Å². The van der Waals surface area contributed by atoms with Crippen LogP contribution in [0.2, 0.25) is 0 Å². The summed E-state index contributed by atoms with van der Waals surface area (Å²) in [5.74, 6) is -3.07. The first-order valence-electron chi connectivity index (χ1n) is 5.66. The second-order valence-electron chi connectivity index (χ2n) is 4.48. The van der Waals surface area contributed by atoms with E-state index in [1.807, 2.05) is 0 Å². The molecule has 1 saturated heterocycles. The Labute approximate surface area is 127 Å². The largest absolute Gasteiger partial charge is 0.478 e. The number of hydrogen-bond acceptors (Lipinski definition) is 4. The number of amides is 1. The molecule has 7 nitrogen and oxygen atoms in total. The Bertz CT molecular complexity index is 736. The number of anilines is 1. The zero-order valence-corrected chi connectivity index (χ0v) is 12.8. The molecule has 1 atom stereocenters. The molecule has 0 spiro atoms. The zero-order valence-electron chi connectivity index (χ0n) is 10.4. The number of carbonyl (C=O) groups is 2. The summed E-state index contributed by atoms with van der Waals surface area (Å²) >= 11 is 2.90. The number of nitrogens with two attached hydrogens (primary N) is 1. The molecule has 1 aliphatic rings. The number of nitrogens with zero attached hydrogens (tertiary/aromatic N) is 1. The number of primary sulfonamides is 1. The van der Waals surface area contributed by atoms with Gasteiger partial charge in [0.2, 0.25) is 15.9 Å². The van der Waals surface area contributed by atoms with E-state index in [9.17, 15) is 22.4 Å². The second kappa shape index (κ2) is 5.35. The third-order valence-corrected chi connectivity index (χ3v) is 4.98. The molecule has 1 aliphatic heterocycles. The Kier molecular flexibility index (Phi) is 4.04. The van der Waals surface area contributed by atoms with Crippen LogP contribution < -0.4 is 10.0 Å². The van der Waals surface area contributed by atoms with E-state index in [1.54, 1.807) is 0 Å². The van der Waals surface area contributed by atoms with E-state index >= 15 is 0 Å². The second-order valence-corrected chi connectivity index (χ2v) is 7.18. The first-order valence-corrected chi connectivity index (χ1v) is 8.06. The van der Waals surface area contributed by atoms with Crippen molar-refractivity contribution in [1.29, 1.82) is 0 Å². The fraction of sp³-hybridized carbons (Fsp3) is 0.273. The van der Waals surface area contributed by atoms with Gasteiger partial charge in [-0.3, -0.25) is 4.79 Å². The van der Waals surface area contributed by atoms with Gasteiger partial charge in [-0.15, -0.1) is 0 Å². The van der Waals surface area contributed by atoms with E-state index in [-0.39, 0.29) is 11.0 Å². The summed E-state index contributed by atoms with van der Waals surface area (Å²) < 4.78 is 36.8. The number of halogens is 2. The van der Waals surface area contributed by atoms with E-state index < -0.39 is 50.6 Å². The quantitative estimate of drug-likeness (QED) is 0.799. The number of benzene rings is 1. The third kappa shape index (κ3) is 2.92. The van der Waals surface area contributed by atoms with Crippen molar-refractivity contribution >= 4 is 43.5 Å². The van der Waals surface area contributed by atoms with Crippen molar-refractivity contribution in [3.05, 3.63) is 28.0 Å². The SMILES string of the molecule is NS(=O)(=O)C1CC(=O)N(c2c(C(=O)O)ccc(Br)c2F)C1. The van der Waals surface area contributed by atoms with Gasteiger partial charge in [0.15, 0.2) is 5.82 Å². The fourth-order valence-electron chi connectivity index (χ4n) is 2.09. The van der Waals surface area contributed by atoms with Gasteiger partial charge in [0.25, 0.3) is 0 Å². The average molecular weight is 381 g/mol. The summed E-state index contributed by atoms with van der Waals surface area (Å²) in [7, 11) is -3.98. The predicted molar refractivity (Wildman–Crippen MR) is 74.9 cm³/mol. The summed E-state index contributed by atoms with van der Waals surface area (Å²) in [5, 5.41) is 12.9. The highest BCUT2D eigenvalue weighted by atomic mass is 79.9. The van der Waals surface area contributed by atoms with E-state index in [0.29, 0.717) is 0 Å². The maximum Gasteiger partial charge on any atom is 0.337 e. The molecular weight excluding hydrogens is 371 g/mol. The van der Waals surface area contributed by atoms with Crippen molar-refractivity contribution in [3.63, 3.8) is 0 Å². The molecule has 1 unspecified atom stereocenters. The molecule has 3 N–H and O–H groups in total. The molecule has 0 bridgehead atoms. The summed E-state index contributed by atoms with van der Waals surface area (Å²) in [5.41, 5.74) is -0.896. The molecular formula is C11H10BrFN2O5S. The van der Waals surface area contributed by atoms with E-state index in [4.69, 9.17) is 10.2 Å². The van der Waals surface area contributed by atoms with Crippen LogP contribution in [0.3, 0.4) is 0 Å². The van der Waals surface area contributed by atoms with Crippen molar-refractivity contribution in [2.45, 2.75) is 11.7 Å². The number of carboxylic acid groups (broad SMARTS) is 1. The van der Waals surface area contributed by atoms with Crippen LogP contribution in [-0.4, -0.2) is 37.2 Å². The van der Waals surface area contributed by atoms with Crippen molar-refractivity contribution in [2.75, 3.05) is 11.4 Å². The summed E-state index contributed by atoms with van der Waals surface area (Å²) in [6.07, 6.45) is -0.413. The van der Waals surface area contributed by atoms with Crippen LogP contribution in [0.4, 0.5) is 10.1 Å². The molecule has 0 aliphatic carbocycles. The van der Waals surface area contributed by atoms with Gasteiger partial charge in [0, 0.05) is 13.0 Å². The normalized spacial score (nSPS) is 19.1. The number of aromatic carboxylic acids is 1. The molecule has 0 saturated carbocycles. The Balaban J connectivity index is 2.55. The van der Waals surface area contributed by atoms with Crippen LogP contribution in [-0.2, 0) is 14.8 Å². The summed E-state index contributed by atoms with van der Waals surface area (Å²) in [4.78, 5) is 23.9. The van der Waals surface area contributed by atoms with Gasteiger partial charge in [-0.25, -0.2) is 22.7 Å². The minimum absolute atomic E-state index is 0.0330. The number of sulfonamides is 1. The minimum Gasteiger partial charge on any atom is -0.478 e. The Morgan fingerprint density at radius 1 is 1.48 bits per heavy atom. The highest BCUT2D eigenvalue weighted by Crippen LogP contribution is 2.33. The molecule has 1 amide bonds. The van der Waals surface area contributed by atoms with Gasteiger partial charge in [0.1, 0.15) is 5.25 Å². The number of carboxylic acids is 1. The minimum atomic E-state index is -3.98. The van der Waals surface area contributed by atoms with Gasteiger partial charge >= 0.3 is 5.97 Å². The Hall–Kier alpha value is -1.52. The van der Waals surface area contributed by atoms with Crippen molar-refractivity contribution < 1.29 is 27.5 Å². The maximum atomic E-state index is 14.2. The molecule has 0 radical (unpaired) electrons. The molecule has 1 aromatic rings. The third-order valence-electron chi connectivity index (χ3n) is 3.12. The monoisotopic (exact) mass is 380 g/mol. The fourth-order valence-corrected chi connectivity index (χ4v) is 3.14. The van der Waals surface area contributed by atoms with Gasteiger partial charge in [-0.2, -0.15) is 0 Å². The Morgan fingerprint density at radius 3 is 2.57 bits per heavy atom. The van der Waals surface area contributed by atoms with Gasteiger partial charge in [-0.05, 0) is 28.1 Å². The average Bonchev–Trinajstić information content (AvgIpc) is 2.74. The van der Waals surface area contributed by atoms with Crippen molar-refractivity contribution in [2.24, 2.45) is 5.14 Å². The lowest BCUT2D eigenvalue weighted by Crippen LogP contribution is -2.33. The van der Waals surface area contributed by atoms with Crippen LogP contribution >= 0.6 is 15.9 Å². The molecule has 21 heavy (non-hydrogen) atoms. The standard InChI is InChI=1S/C11H10BrFN2O5S/c12-7-2-1-6(11(17)18)10(9(7)13)15-4-5(3-8(15)16)21(14,19)20/h1-2,5H,3-4H2,(H,17,18)(H2,14,19,20). The zero-order chi connectivity index (χ0) is 15.9. The highest BCUT2D eigenvalue weighted by Gasteiger charge is 2.40. The summed E-state index contributed by atoms with van der Waals surface area (Å²) in [6, 6.07) is 2.32. The summed E-state index contributed by atoms with van der Waals surface area (Å²) in [6.45, 7) is -0.384. The van der Waals surface area contributed by atoms with Crippen LogP contribution in [0.5, 0.6) is 0 Å². The molecule has 1 aromatic carbocycles. The van der Waals surface area contributed by atoms with Gasteiger partial charge in [0.05, 0.1) is 15.7 Å².